The second-order valence-corrected chi connectivity index (χ2v) is 5.18. The Morgan fingerprint density at radius 1 is 1.90 bits per heavy atom. The monoisotopic (exact) mass is 221 g/mol. The highest BCUT2D eigenvalue weighted by Gasteiger charge is 2.08. The minimum absolute atomic E-state index is 0.775. The highest BCUT2D eigenvalue weighted by Crippen LogP contribution is 1.91. The number of rotatable bonds is 5. The summed E-state index contributed by atoms with van der Waals surface area (Å²) in [6, 6.07) is 0. The standard InChI is InChI=1S/C2H10N4S4/c1-5(9-3)2-4-10-6(7)8/h4,7-8H,2-3H2,1H3/p+3. The molecule has 0 aromatic heterocycles. The Balaban J connectivity index is 3.03. The number of nitrogens with zero attached hydrogens (tertiary/aromatic N) is 2. The molecule has 0 saturated heterocycles. The highest BCUT2D eigenvalue weighted by molar-refractivity contribution is 8.01. The normalized spacial score (nSPS) is 11.4. The molecule has 0 unspecified atom stereocenters. The van der Waals surface area contributed by atoms with Crippen LogP contribution in [-0.4, -0.2) is 21.1 Å². The topological polar surface area (TPSA) is 46.1 Å². The summed E-state index contributed by atoms with van der Waals surface area (Å²) >= 11 is 9.48. The van der Waals surface area contributed by atoms with E-state index in [0.717, 1.165) is 18.8 Å². The third-order valence-corrected chi connectivity index (χ3v) is 2.29. The van der Waals surface area contributed by atoms with Crippen LogP contribution in [0.3, 0.4) is 0 Å². The second kappa shape index (κ2) is 6.92. The van der Waals surface area contributed by atoms with Gasteiger partial charge in [0.15, 0.2) is 12.1 Å². The number of thiol groups is 2. The Kier molecular flexibility index (Phi) is 7.78. The Bertz CT molecular complexity index is 79.7. The fraction of sp³-hybridized carbons (Fsp3) is 1.00. The van der Waals surface area contributed by atoms with Gasteiger partial charge in [0.1, 0.15) is 22.6 Å². The van der Waals surface area contributed by atoms with Crippen molar-refractivity contribution in [3.8, 4) is 0 Å². The lowest BCUT2D eigenvalue weighted by atomic mass is 11.1. The smallest absolute Gasteiger partial charge is 0.211 e. The first-order valence-corrected chi connectivity index (χ1v) is 5.07. The molecule has 62 valence electrons. The minimum Gasteiger partial charge on any atom is -0.281 e. The van der Waals surface area contributed by atoms with Crippen molar-refractivity contribution in [1.29, 1.82) is 0 Å². The highest BCUT2D eigenvalue weighted by atomic mass is 32.3. The van der Waals surface area contributed by atoms with Gasteiger partial charge in [-0.25, -0.2) is 0 Å². The maximum atomic E-state index is 3.96. The molecule has 0 heterocycles. The summed E-state index contributed by atoms with van der Waals surface area (Å²) in [4.78, 5) is 0. The molecular weight excluding hydrogens is 208 g/mol. The number of quaternary nitrogens is 1. The van der Waals surface area contributed by atoms with Crippen LogP contribution in [0, 0.1) is 0 Å². The van der Waals surface area contributed by atoms with Crippen LogP contribution in [0.5, 0.6) is 0 Å². The predicted molar refractivity (Wildman–Crippen MR) is 56.0 cm³/mol. The summed E-state index contributed by atoms with van der Waals surface area (Å²) in [5, 5.41) is 3.64. The van der Waals surface area contributed by atoms with Crippen LogP contribution < -0.4 is 9.86 Å². The van der Waals surface area contributed by atoms with Crippen LogP contribution in [0.25, 0.3) is 0 Å². The molecule has 0 aromatic rings. The van der Waals surface area contributed by atoms with Crippen molar-refractivity contribution >= 4 is 49.9 Å². The van der Waals surface area contributed by atoms with Gasteiger partial charge < -0.3 is 0 Å². The molecule has 0 saturated carbocycles. The van der Waals surface area contributed by atoms with Crippen LogP contribution in [0.15, 0.2) is 0 Å². The maximum Gasteiger partial charge on any atom is 0.211 e. The fourth-order valence-electron chi connectivity index (χ4n) is 0.244. The molecule has 4 nitrogen and oxygen atoms in total. The van der Waals surface area contributed by atoms with Gasteiger partial charge >= 0.3 is 0 Å². The number of hydrogen-bond donors (Lipinski definition) is 3. The molecule has 0 aliphatic carbocycles. The van der Waals surface area contributed by atoms with E-state index in [1.165, 1.54) is 12.1 Å². The summed E-state index contributed by atoms with van der Waals surface area (Å²) in [5.74, 6) is 0. The van der Waals surface area contributed by atoms with Gasteiger partial charge in [0.2, 0.25) is 12.1 Å². The van der Waals surface area contributed by atoms with E-state index in [0.29, 0.717) is 0 Å². The van der Waals surface area contributed by atoms with E-state index in [2.05, 4.69) is 35.5 Å². The molecule has 10 heavy (non-hydrogen) atoms. The van der Waals surface area contributed by atoms with Crippen molar-refractivity contribution < 1.29 is 5.14 Å². The van der Waals surface area contributed by atoms with Gasteiger partial charge in [0, 0.05) is 19.9 Å². The molecule has 0 spiro atoms. The lowest BCUT2D eigenvalue weighted by molar-refractivity contribution is -0.144. The average Bonchev–Trinajstić information content (AvgIpc) is 1.87. The van der Waals surface area contributed by atoms with E-state index in [9.17, 15) is 0 Å². The van der Waals surface area contributed by atoms with Crippen molar-refractivity contribution in [2.45, 2.75) is 0 Å². The van der Waals surface area contributed by atoms with Crippen LogP contribution in [-0.2, 0) is 24.9 Å². The zero-order valence-corrected chi connectivity index (χ0v) is 9.22. The second-order valence-electron chi connectivity index (χ2n) is 1.46. The maximum absolute atomic E-state index is 3.96. The molecule has 8 heteroatoms. The van der Waals surface area contributed by atoms with Crippen molar-refractivity contribution in [3.05, 3.63) is 0 Å². The van der Waals surface area contributed by atoms with Crippen LogP contribution in [0.4, 0.5) is 0 Å². The van der Waals surface area contributed by atoms with E-state index >= 15 is 0 Å². The van der Waals surface area contributed by atoms with E-state index in [1.54, 1.807) is 3.12 Å². The van der Waals surface area contributed by atoms with E-state index < -0.39 is 0 Å². The Labute approximate surface area is 80.9 Å². The molecule has 0 rings (SSSR count). The van der Waals surface area contributed by atoms with Crippen LogP contribution in [0.1, 0.15) is 0 Å². The largest absolute Gasteiger partial charge is 0.281 e. The van der Waals surface area contributed by atoms with Crippen molar-refractivity contribution in [2.75, 3.05) is 13.7 Å². The summed E-state index contributed by atoms with van der Waals surface area (Å²) in [6.45, 7) is 0.775. The van der Waals surface area contributed by atoms with Gasteiger partial charge in [-0.15, -0.1) is 4.72 Å². The van der Waals surface area contributed by atoms with Crippen molar-refractivity contribution in [1.82, 2.24) is 12.1 Å². The van der Waals surface area contributed by atoms with Crippen molar-refractivity contribution in [2.24, 2.45) is 0 Å². The number of nitrogens with one attached hydrogen (secondary N) is 1. The lowest BCUT2D eigenvalue weighted by Crippen LogP contribution is -2.44. The molecule has 0 amide bonds. The van der Waals surface area contributed by atoms with Crippen LogP contribution in [0.2, 0.25) is 0 Å². The predicted octanol–water partition coefficient (Wildman–Crippen LogP) is -2.01. The first kappa shape index (κ1) is 11.2. The first-order chi connectivity index (χ1) is 4.66. The summed E-state index contributed by atoms with van der Waals surface area (Å²) in [5.41, 5.74) is 0. The SMILES string of the molecule is CN(CN[SH+]N(S)[SH2+])S[NH3+]. The van der Waals surface area contributed by atoms with Gasteiger partial charge in [0.05, 0.1) is 0 Å². The van der Waals surface area contributed by atoms with Gasteiger partial charge in [-0.2, -0.15) is 4.31 Å². The van der Waals surface area contributed by atoms with Crippen LogP contribution >= 0.6 is 24.9 Å². The van der Waals surface area contributed by atoms with Gasteiger partial charge in [-0.1, -0.05) is 0 Å². The molecule has 0 aliphatic rings. The third-order valence-electron chi connectivity index (χ3n) is 0.679. The zero-order chi connectivity index (χ0) is 7.98. The fourth-order valence-corrected chi connectivity index (χ4v) is 1.31. The van der Waals surface area contributed by atoms with E-state index in [1.807, 2.05) is 11.4 Å². The Hall–Kier alpha value is 1.24. The first-order valence-electron chi connectivity index (χ1n) is 2.44. The number of hydrogen-bond acceptors (Lipinski definition) is 5. The third kappa shape index (κ3) is 7.35. The van der Waals surface area contributed by atoms with Gasteiger partial charge in [0.25, 0.3) is 0 Å². The van der Waals surface area contributed by atoms with Crippen molar-refractivity contribution in [3.63, 3.8) is 0 Å². The quantitative estimate of drug-likeness (QED) is 0.217. The summed E-state index contributed by atoms with van der Waals surface area (Å²) in [7, 11) is 1.96. The Morgan fingerprint density at radius 3 is 2.90 bits per heavy atom. The molecule has 4 N–H and O–H groups in total. The average molecular weight is 221 g/mol. The molecule has 0 aromatic carbocycles. The molecular formula is C2H13N4S4+3. The summed E-state index contributed by atoms with van der Waals surface area (Å²) < 4.78 is 6.60. The lowest BCUT2D eigenvalue weighted by Gasteiger charge is -2.04. The minimum atomic E-state index is 0.775. The molecule has 0 aliphatic heterocycles. The molecule has 0 atom stereocenters. The zero-order valence-electron chi connectivity index (χ0n) is 5.61. The molecule has 0 radical (unpaired) electrons. The molecule has 0 fully saturated rings. The van der Waals surface area contributed by atoms with E-state index in [4.69, 9.17) is 0 Å². The van der Waals surface area contributed by atoms with Gasteiger partial charge in [-0.05, 0) is 0 Å². The van der Waals surface area contributed by atoms with E-state index in [-0.39, 0.29) is 0 Å². The Morgan fingerprint density at radius 2 is 2.50 bits per heavy atom. The van der Waals surface area contributed by atoms with Gasteiger partial charge in [-0.3, -0.25) is 5.14 Å². The molecule has 0 bridgehead atoms. The summed E-state index contributed by atoms with van der Waals surface area (Å²) in [6.07, 6.45) is 0.